The monoisotopic (exact) mass is 444 g/mol. The Morgan fingerprint density at radius 3 is 2.45 bits per heavy atom. The highest BCUT2D eigenvalue weighted by Crippen LogP contribution is 2.31. The normalized spacial score (nSPS) is 11.8. The first-order valence-corrected chi connectivity index (χ1v) is 10.0. The quantitative estimate of drug-likeness (QED) is 0.318. The third-order valence-electron chi connectivity index (χ3n) is 4.71. The van der Waals surface area contributed by atoms with Crippen molar-refractivity contribution >= 4 is 35.3 Å². The Bertz CT molecular complexity index is 1240. The standard InChI is InChI=1S/C24H20N4O5/c1-15-6-9-17(10-7-15)26-22(29)18-4-2-3-5-19(18)27-23(30)24(31)28-25-13-16-8-11-20-21(12-16)33-14-32-20/h2-13H,14H2,1H3,(H,26,29)(H,27,30)(H,28,31). The molecule has 0 spiro atoms. The predicted molar refractivity (Wildman–Crippen MR) is 123 cm³/mol. The third-order valence-corrected chi connectivity index (χ3v) is 4.71. The highest BCUT2D eigenvalue weighted by molar-refractivity contribution is 6.40. The molecule has 4 rings (SSSR count). The molecule has 0 aliphatic carbocycles. The van der Waals surface area contributed by atoms with Gasteiger partial charge in [-0.2, -0.15) is 5.10 Å². The largest absolute Gasteiger partial charge is 0.454 e. The van der Waals surface area contributed by atoms with E-state index < -0.39 is 17.7 Å². The van der Waals surface area contributed by atoms with Crippen molar-refractivity contribution in [1.82, 2.24) is 5.43 Å². The topological polar surface area (TPSA) is 118 Å². The number of benzene rings is 3. The number of carbonyl (C=O) groups excluding carboxylic acids is 3. The van der Waals surface area contributed by atoms with Gasteiger partial charge in [-0.1, -0.05) is 29.8 Å². The molecule has 0 radical (unpaired) electrons. The number of nitrogens with zero attached hydrogens (tertiary/aromatic N) is 1. The minimum atomic E-state index is -0.985. The van der Waals surface area contributed by atoms with Crippen molar-refractivity contribution in [1.29, 1.82) is 0 Å². The maximum Gasteiger partial charge on any atom is 0.329 e. The Labute approximate surface area is 189 Å². The molecule has 3 N–H and O–H groups in total. The number of nitrogens with one attached hydrogen (secondary N) is 3. The van der Waals surface area contributed by atoms with E-state index in [-0.39, 0.29) is 18.0 Å². The Balaban J connectivity index is 1.37. The molecule has 33 heavy (non-hydrogen) atoms. The molecule has 9 heteroatoms. The minimum absolute atomic E-state index is 0.150. The van der Waals surface area contributed by atoms with E-state index >= 15 is 0 Å². The van der Waals surface area contributed by atoms with Gasteiger partial charge in [0.05, 0.1) is 17.5 Å². The number of anilines is 2. The van der Waals surface area contributed by atoms with Crippen LogP contribution in [0.15, 0.2) is 71.8 Å². The third kappa shape index (κ3) is 5.34. The number of fused-ring (bicyclic) bond motifs is 1. The Kier molecular flexibility index (Phi) is 6.31. The molecule has 0 saturated heterocycles. The van der Waals surface area contributed by atoms with E-state index in [1.54, 1.807) is 48.5 Å². The number of aryl methyl sites for hydroxylation is 1. The van der Waals surface area contributed by atoms with Gasteiger partial charge in [-0.25, -0.2) is 5.43 Å². The van der Waals surface area contributed by atoms with Crippen LogP contribution in [0.3, 0.4) is 0 Å². The van der Waals surface area contributed by atoms with Gasteiger partial charge in [0.2, 0.25) is 6.79 Å². The summed E-state index contributed by atoms with van der Waals surface area (Å²) in [6.07, 6.45) is 1.37. The van der Waals surface area contributed by atoms with E-state index in [0.29, 0.717) is 22.7 Å². The minimum Gasteiger partial charge on any atom is -0.454 e. The van der Waals surface area contributed by atoms with Crippen LogP contribution >= 0.6 is 0 Å². The predicted octanol–water partition coefficient (Wildman–Crippen LogP) is 3.06. The van der Waals surface area contributed by atoms with Crippen molar-refractivity contribution in [2.45, 2.75) is 6.92 Å². The van der Waals surface area contributed by atoms with Crippen LogP contribution in [0.1, 0.15) is 21.5 Å². The van der Waals surface area contributed by atoms with Gasteiger partial charge in [0.25, 0.3) is 5.91 Å². The molecular weight excluding hydrogens is 424 g/mol. The molecule has 0 aromatic heterocycles. The van der Waals surface area contributed by atoms with Gasteiger partial charge in [-0.3, -0.25) is 14.4 Å². The summed E-state index contributed by atoms with van der Waals surface area (Å²) < 4.78 is 10.5. The van der Waals surface area contributed by atoms with Gasteiger partial charge < -0.3 is 20.1 Å². The SMILES string of the molecule is Cc1ccc(NC(=O)c2ccccc2NC(=O)C(=O)NN=Cc2ccc3c(c2)OCO3)cc1. The van der Waals surface area contributed by atoms with Crippen molar-refractivity contribution in [3.8, 4) is 11.5 Å². The highest BCUT2D eigenvalue weighted by Gasteiger charge is 2.18. The molecule has 3 amide bonds. The molecule has 3 aromatic rings. The average Bonchev–Trinajstić information content (AvgIpc) is 3.29. The maximum atomic E-state index is 12.7. The fraction of sp³-hybridized carbons (Fsp3) is 0.0833. The number of hydrogen-bond donors (Lipinski definition) is 3. The Morgan fingerprint density at radius 2 is 1.64 bits per heavy atom. The lowest BCUT2D eigenvalue weighted by atomic mass is 10.1. The van der Waals surface area contributed by atoms with Gasteiger partial charge in [0.1, 0.15) is 0 Å². The van der Waals surface area contributed by atoms with Crippen LogP contribution in [0.2, 0.25) is 0 Å². The first kappa shape index (κ1) is 21.6. The summed E-state index contributed by atoms with van der Waals surface area (Å²) >= 11 is 0. The summed E-state index contributed by atoms with van der Waals surface area (Å²) in [5.74, 6) is -1.17. The van der Waals surface area contributed by atoms with Gasteiger partial charge in [-0.05, 0) is 55.0 Å². The number of para-hydroxylation sites is 1. The summed E-state index contributed by atoms with van der Waals surface area (Å²) in [5.41, 5.74) is 4.89. The second-order valence-corrected chi connectivity index (χ2v) is 7.13. The van der Waals surface area contributed by atoms with Gasteiger partial charge in [-0.15, -0.1) is 0 Å². The van der Waals surface area contributed by atoms with E-state index in [2.05, 4.69) is 21.2 Å². The Morgan fingerprint density at radius 1 is 0.879 bits per heavy atom. The molecule has 1 aliphatic heterocycles. The molecule has 9 nitrogen and oxygen atoms in total. The van der Waals surface area contributed by atoms with E-state index in [9.17, 15) is 14.4 Å². The summed E-state index contributed by atoms with van der Waals surface area (Å²) in [5, 5.41) is 9.00. The lowest BCUT2D eigenvalue weighted by Crippen LogP contribution is -2.33. The Hall–Kier alpha value is -4.66. The lowest BCUT2D eigenvalue weighted by Gasteiger charge is -2.11. The molecule has 0 unspecified atom stereocenters. The van der Waals surface area contributed by atoms with E-state index in [1.165, 1.54) is 12.3 Å². The van der Waals surface area contributed by atoms with Gasteiger partial charge >= 0.3 is 11.8 Å². The molecular formula is C24H20N4O5. The van der Waals surface area contributed by atoms with Crippen LogP contribution < -0.4 is 25.5 Å². The summed E-state index contributed by atoms with van der Waals surface area (Å²) in [6.45, 7) is 2.10. The molecule has 0 bridgehead atoms. The number of carbonyl (C=O) groups is 3. The summed E-state index contributed by atoms with van der Waals surface area (Å²) in [6, 6.07) is 18.8. The first-order chi connectivity index (χ1) is 16.0. The van der Waals surface area contributed by atoms with Crippen molar-refractivity contribution in [2.75, 3.05) is 17.4 Å². The second kappa shape index (κ2) is 9.65. The molecule has 1 aliphatic rings. The van der Waals surface area contributed by atoms with Crippen LogP contribution in [0.25, 0.3) is 0 Å². The van der Waals surface area contributed by atoms with Crippen LogP contribution in [0.5, 0.6) is 11.5 Å². The molecule has 166 valence electrons. The zero-order chi connectivity index (χ0) is 23.2. The van der Waals surface area contributed by atoms with Crippen LogP contribution in [-0.2, 0) is 9.59 Å². The molecule has 1 heterocycles. The molecule has 0 fully saturated rings. The van der Waals surface area contributed by atoms with Gasteiger partial charge in [0, 0.05) is 5.69 Å². The van der Waals surface area contributed by atoms with Crippen molar-refractivity contribution in [2.24, 2.45) is 5.10 Å². The zero-order valence-corrected chi connectivity index (χ0v) is 17.6. The fourth-order valence-electron chi connectivity index (χ4n) is 3.01. The number of hydrogen-bond acceptors (Lipinski definition) is 6. The highest BCUT2D eigenvalue weighted by atomic mass is 16.7. The smallest absolute Gasteiger partial charge is 0.329 e. The van der Waals surface area contributed by atoms with Crippen LogP contribution in [0, 0.1) is 6.92 Å². The maximum absolute atomic E-state index is 12.7. The molecule has 0 atom stereocenters. The van der Waals surface area contributed by atoms with E-state index in [4.69, 9.17) is 9.47 Å². The number of ether oxygens (including phenoxy) is 2. The molecule has 3 aromatic carbocycles. The van der Waals surface area contributed by atoms with Crippen LogP contribution in [0.4, 0.5) is 11.4 Å². The average molecular weight is 444 g/mol. The second-order valence-electron chi connectivity index (χ2n) is 7.13. The van der Waals surface area contributed by atoms with Crippen molar-refractivity contribution < 1.29 is 23.9 Å². The number of amides is 3. The number of rotatable bonds is 5. The van der Waals surface area contributed by atoms with Crippen LogP contribution in [-0.4, -0.2) is 30.7 Å². The fourth-order valence-corrected chi connectivity index (χ4v) is 3.01. The van der Waals surface area contributed by atoms with E-state index in [0.717, 1.165) is 5.56 Å². The van der Waals surface area contributed by atoms with Crippen molar-refractivity contribution in [3.63, 3.8) is 0 Å². The summed E-state index contributed by atoms with van der Waals surface area (Å²) in [7, 11) is 0. The first-order valence-electron chi connectivity index (χ1n) is 10.0. The summed E-state index contributed by atoms with van der Waals surface area (Å²) in [4.78, 5) is 37.1. The van der Waals surface area contributed by atoms with Crippen molar-refractivity contribution in [3.05, 3.63) is 83.4 Å². The molecule has 0 saturated carbocycles. The van der Waals surface area contributed by atoms with Gasteiger partial charge in [0.15, 0.2) is 11.5 Å². The lowest BCUT2D eigenvalue weighted by molar-refractivity contribution is -0.136. The van der Waals surface area contributed by atoms with E-state index in [1.807, 2.05) is 19.1 Å². The number of hydrazone groups is 1. The zero-order valence-electron chi connectivity index (χ0n) is 17.6.